The van der Waals surface area contributed by atoms with Crippen molar-refractivity contribution in [3.63, 3.8) is 0 Å². The van der Waals surface area contributed by atoms with E-state index in [1.165, 1.54) is 31.5 Å². The predicted molar refractivity (Wildman–Crippen MR) is 131 cm³/mol. The molecule has 162 valence electrons. The zero-order valence-corrected chi connectivity index (χ0v) is 18.3. The Kier molecular flexibility index (Phi) is 4.97. The maximum absolute atomic E-state index is 7.64. The van der Waals surface area contributed by atoms with Crippen molar-refractivity contribution in [3.8, 4) is 0 Å². The molecule has 0 spiro atoms. The topological polar surface area (TPSA) is 113 Å². The SMILES string of the molecule is N=C(N)N1CCN(c2ccc3sc4ccc(N5CCN(C(=N)N)CC5)cc4c3c2)CC1. The van der Waals surface area contributed by atoms with E-state index in [1.807, 2.05) is 21.1 Å². The molecule has 0 unspecified atom stereocenters. The highest BCUT2D eigenvalue weighted by atomic mass is 32.1. The highest BCUT2D eigenvalue weighted by Crippen LogP contribution is 2.38. The first-order valence-electron chi connectivity index (χ1n) is 10.6. The van der Waals surface area contributed by atoms with E-state index in [-0.39, 0.29) is 11.9 Å². The maximum atomic E-state index is 7.64. The molecule has 31 heavy (non-hydrogen) atoms. The van der Waals surface area contributed by atoms with Crippen molar-refractivity contribution in [2.75, 3.05) is 62.2 Å². The molecule has 2 fully saturated rings. The first-order valence-corrected chi connectivity index (χ1v) is 11.5. The minimum absolute atomic E-state index is 0.163. The van der Waals surface area contributed by atoms with Gasteiger partial charge >= 0.3 is 0 Å². The van der Waals surface area contributed by atoms with Gasteiger partial charge in [0.2, 0.25) is 0 Å². The number of fused-ring (bicyclic) bond motifs is 3. The van der Waals surface area contributed by atoms with Gasteiger partial charge in [0.1, 0.15) is 0 Å². The third kappa shape index (κ3) is 3.69. The van der Waals surface area contributed by atoms with Crippen LogP contribution in [0.25, 0.3) is 20.2 Å². The summed E-state index contributed by atoms with van der Waals surface area (Å²) in [4.78, 5) is 8.61. The molecule has 2 saturated heterocycles. The molecule has 0 atom stereocenters. The molecule has 1 aromatic heterocycles. The lowest BCUT2D eigenvalue weighted by Gasteiger charge is -2.36. The molecule has 2 aliphatic heterocycles. The molecule has 3 aromatic rings. The summed E-state index contributed by atoms with van der Waals surface area (Å²) < 4.78 is 2.61. The van der Waals surface area contributed by atoms with Crippen LogP contribution in [0, 0.1) is 10.8 Å². The molecule has 0 aliphatic carbocycles. The van der Waals surface area contributed by atoms with Gasteiger partial charge in [-0.05, 0) is 36.4 Å². The Hall–Kier alpha value is -3.20. The van der Waals surface area contributed by atoms with Gasteiger partial charge in [-0.1, -0.05) is 0 Å². The van der Waals surface area contributed by atoms with Crippen LogP contribution in [0.4, 0.5) is 11.4 Å². The number of nitrogens with zero attached hydrogens (tertiary/aromatic N) is 4. The van der Waals surface area contributed by atoms with E-state index in [1.54, 1.807) is 0 Å². The van der Waals surface area contributed by atoms with E-state index in [9.17, 15) is 0 Å². The molecule has 2 aromatic carbocycles. The first kappa shape index (κ1) is 19.7. The van der Waals surface area contributed by atoms with Crippen LogP contribution >= 0.6 is 11.3 Å². The van der Waals surface area contributed by atoms with Gasteiger partial charge in [0.15, 0.2) is 11.9 Å². The Morgan fingerprint density at radius 2 is 1.03 bits per heavy atom. The van der Waals surface area contributed by atoms with Gasteiger partial charge < -0.3 is 31.1 Å². The first-order chi connectivity index (χ1) is 15.0. The number of guanidine groups is 2. The van der Waals surface area contributed by atoms with Crippen LogP contribution in [0.3, 0.4) is 0 Å². The molecule has 0 amide bonds. The summed E-state index contributed by atoms with van der Waals surface area (Å²) in [6, 6.07) is 13.5. The summed E-state index contributed by atoms with van der Waals surface area (Å²) in [5.41, 5.74) is 13.7. The molecule has 6 N–H and O–H groups in total. The lowest BCUT2D eigenvalue weighted by Crippen LogP contribution is -2.50. The fourth-order valence-corrected chi connectivity index (χ4v) is 5.62. The smallest absolute Gasteiger partial charge is 0.188 e. The summed E-state index contributed by atoms with van der Waals surface area (Å²) in [6.07, 6.45) is 0. The minimum atomic E-state index is 0.163. The van der Waals surface area contributed by atoms with Crippen molar-refractivity contribution in [2.45, 2.75) is 0 Å². The maximum Gasteiger partial charge on any atom is 0.188 e. The Morgan fingerprint density at radius 1 is 0.645 bits per heavy atom. The van der Waals surface area contributed by atoms with Crippen LogP contribution in [0.5, 0.6) is 0 Å². The Balaban J connectivity index is 1.42. The van der Waals surface area contributed by atoms with Gasteiger partial charge in [0.25, 0.3) is 0 Å². The number of piperazine rings is 2. The Labute approximate surface area is 185 Å². The van der Waals surface area contributed by atoms with E-state index in [0.717, 1.165) is 52.4 Å². The molecule has 0 bridgehead atoms. The number of nitrogens with two attached hydrogens (primary N) is 2. The van der Waals surface area contributed by atoms with Crippen molar-refractivity contribution in [1.29, 1.82) is 10.8 Å². The second-order valence-corrected chi connectivity index (χ2v) is 9.27. The zero-order chi connectivity index (χ0) is 21.5. The van der Waals surface area contributed by atoms with Crippen LogP contribution in [-0.2, 0) is 0 Å². The number of anilines is 2. The Bertz CT molecular complexity index is 1050. The number of hydrogen-bond donors (Lipinski definition) is 4. The molecule has 8 nitrogen and oxygen atoms in total. The number of hydrogen-bond acceptors (Lipinski definition) is 5. The standard InChI is InChI=1S/C22H28N8S/c23-21(24)29-9-5-27(6-10-29)15-1-3-19-17(13-15)18-14-16(2-4-20(18)31-19)28-7-11-30(12-8-28)22(25)26/h1-4,13-14H,5-12H2,(H3,23,24)(H3,25,26). The summed E-state index contributed by atoms with van der Waals surface area (Å²) in [7, 11) is 0. The third-order valence-corrected chi connectivity index (χ3v) is 7.56. The van der Waals surface area contributed by atoms with Crippen molar-refractivity contribution in [3.05, 3.63) is 36.4 Å². The summed E-state index contributed by atoms with van der Waals surface area (Å²) in [6.45, 7) is 6.64. The van der Waals surface area contributed by atoms with Gasteiger partial charge in [-0.2, -0.15) is 0 Å². The lowest BCUT2D eigenvalue weighted by molar-refractivity contribution is 0.380. The van der Waals surface area contributed by atoms with Crippen molar-refractivity contribution < 1.29 is 0 Å². The molecular formula is C22H28N8S. The average molecular weight is 437 g/mol. The van der Waals surface area contributed by atoms with Gasteiger partial charge in [0, 0.05) is 83.9 Å². The molecule has 0 radical (unpaired) electrons. The number of rotatable bonds is 2. The van der Waals surface area contributed by atoms with Crippen LogP contribution < -0.4 is 21.3 Å². The van der Waals surface area contributed by atoms with E-state index in [2.05, 4.69) is 46.2 Å². The summed E-state index contributed by atoms with van der Waals surface area (Å²) in [5.74, 6) is 0.325. The van der Waals surface area contributed by atoms with Crippen LogP contribution in [-0.4, -0.2) is 74.1 Å². The van der Waals surface area contributed by atoms with Crippen LogP contribution in [0.1, 0.15) is 0 Å². The zero-order valence-electron chi connectivity index (χ0n) is 17.5. The normalized spacial score (nSPS) is 17.5. The summed E-state index contributed by atoms with van der Waals surface area (Å²) in [5, 5.41) is 17.9. The predicted octanol–water partition coefficient (Wildman–Crippen LogP) is 2.09. The van der Waals surface area contributed by atoms with Crippen molar-refractivity contribution in [1.82, 2.24) is 9.80 Å². The lowest BCUT2D eigenvalue weighted by atomic mass is 10.1. The average Bonchev–Trinajstić information content (AvgIpc) is 3.16. The van der Waals surface area contributed by atoms with Crippen LogP contribution in [0.15, 0.2) is 36.4 Å². The third-order valence-electron chi connectivity index (χ3n) is 6.41. The highest BCUT2D eigenvalue weighted by Gasteiger charge is 2.20. The monoisotopic (exact) mass is 436 g/mol. The van der Waals surface area contributed by atoms with E-state index in [0.29, 0.717) is 0 Å². The van der Waals surface area contributed by atoms with Crippen molar-refractivity contribution >= 4 is 54.8 Å². The largest absolute Gasteiger partial charge is 0.370 e. The van der Waals surface area contributed by atoms with Gasteiger partial charge in [0.05, 0.1) is 0 Å². The minimum Gasteiger partial charge on any atom is -0.370 e. The summed E-state index contributed by atoms with van der Waals surface area (Å²) >= 11 is 1.84. The molecule has 3 heterocycles. The van der Waals surface area contributed by atoms with Crippen molar-refractivity contribution in [2.24, 2.45) is 11.5 Å². The molecule has 0 saturated carbocycles. The number of thiophene rings is 1. The molecule has 9 heteroatoms. The number of benzene rings is 2. The van der Waals surface area contributed by atoms with Gasteiger partial charge in [-0.15, -0.1) is 11.3 Å². The molecule has 5 rings (SSSR count). The highest BCUT2D eigenvalue weighted by molar-refractivity contribution is 7.25. The second-order valence-electron chi connectivity index (χ2n) is 8.18. The molecular weight excluding hydrogens is 408 g/mol. The Morgan fingerprint density at radius 3 is 1.39 bits per heavy atom. The quantitative estimate of drug-likeness (QED) is 0.361. The van der Waals surface area contributed by atoms with E-state index < -0.39 is 0 Å². The van der Waals surface area contributed by atoms with E-state index in [4.69, 9.17) is 22.3 Å². The van der Waals surface area contributed by atoms with Gasteiger partial charge in [-0.3, -0.25) is 10.8 Å². The fourth-order valence-electron chi connectivity index (χ4n) is 4.56. The van der Waals surface area contributed by atoms with Crippen LogP contribution in [0.2, 0.25) is 0 Å². The van der Waals surface area contributed by atoms with E-state index >= 15 is 0 Å². The van der Waals surface area contributed by atoms with Gasteiger partial charge in [-0.25, -0.2) is 0 Å². The number of nitrogens with one attached hydrogen (secondary N) is 2. The fraction of sp³-hybridized carbons (Fsp3) is 0.364. The second kappa shape index (κ2) is 7.81. The molecule has 2 aliphatic rings.